The van der Waals surface area contributed by atoms with Gasteiger partial charge in [-0.25, -0.2) is 0 Å². The second kappa shape index (κ2) is 11.2. The summed E-state index contributed by atoms with van der Waals surface area (Å²) in [4.78, 5) is 0. The van der Waals surface area contributed by atoms with Crippen LogP contribution in [0, 0.1) is 0 Å². The van der Waals surface area contributed by atoms with E-state index in [2.05, 4.69) is 15.9 Å². The fourth-order valence-corrected chi connectivity index (χ4v) is 4.27. The molecule has 28 heavy (non-hydrogen) atoms. The average molecular weight is 509 g/mol. The van der Waals surface area contributed by atoms with Crippen molar-refractivity contribution in [3.05, 3.63) is 68.7 Å². The molecular weight excluding hydrogens is 486 g/mol. The predicted octanol–water partition coefficient (Wildman–Crippen LogP) is 7.21. The van der Waals surface area contributed by atoms with E-state index in [0.717, 1.165) is 35.4 Å². The van der Waals surface area contributed by atoms with Gasteiger partial charge >= 0.3 is 0 Å². The summed E-state index contributed by atoms with van der Waals surface area (Å²) in [6, 6.07) is 13.1. The summed E-state index contributed by atoms with van der Waals surface area (Å²) in [5, 5.41) is 2.54. The fourth-order valence-electron chi connectivity index (χ4n) is 3.11. The molecule has 0 aromatic heterocycles. The maximum Gasteiger partial charge on any atom is 0.158 e. The van der Waals surface area contributed by atoms with Gasteiger partial charge in [0.1, 0.15) is 0 Å². The molecule has 0 saturated carbocycles. The Kier molecular flexibility index (Phi) is 8.92. The quantitative estimate of drug-likeness (QED) is 0.353. The van der Waals surface area contributed by atoms with Crippen molar-refractivity contribution in [2.45, 2.75) is 44.4 Å². The first-order chi connectivity index (χ1) is 13.5. The van der Waals surface area contributed by atoms with E-state index in [0.29, 0.717) is 28.6 Å². The average Bonchev–Trinajstić information content (AvgIpc) is 2.68. The van der Waals surface area contributed by atoms with Crippen LogP contribution < -0.4 is 0 Å². The van der Waals surface area contributed by atoms with Crippen LogP contribution in [-0.2, 0) is 20.8 Å². The molecule has 2 aromatic rings. The second-order valence-electron chi connectivity index (χ2n) is 6.71. The maximum absolute atomic E-state index is 6.33. The van der Waals surface area contributed by atoms with Gasteiger partial charge in [0, 0.05) is 26.0 Å². The number of halogens is 4. The highest BCUT2D eigenvalue weighted by atomic mass is 79.9. The molecule has 1 aliphatic heterocycles. The Balaban J connectivity index is 1.50. The van der Waals surface area contributed by atoms with Gasteiger partial charge in [-0.05, 0) is 49.1 Å². The first-order valence-electron chi connectivity index (χ1n) is 9.19. The van der Waals surface area contributed by atoms with E-state index in [9.17, 15) is 0 Å². The van der Waals surface area contributed by atoms with Gasteiger partial charge in [-0.3, -0.25) is 0 Å². The van der Waals surface area contributed by atoms with Crippen LogP contribution >= 0.6 is 50.7 Å². The van der Waals surface area contributed by atoms with Crippen molar-refractivity contribution in [2.75, 3.05) is 11.9 Å². The zero-order valence-corrected chi connectivity index (χ0v) is 19.1. The summed E-state index contributed by atoms with van der Waals surface area (Å²) in [6.07, 6.45) is 2.37. The molecule has 0 N–H and O–H groups in total. The zero-order chi connectivity index (χ0) is 19.9. The van der Waals surface area contributed by atoms with E-state index in [4.69, 9.17) is 49.0 Å². The topological polar surface area (TPSA) is 27.7 Å². The number of hydrogen-bond acceptors (Lipinski definition) is 3. The summed E-state index contributed by atoms with van der Waals surface area (Å²) in [5.41, 5.74) is 1.98. The van der Waals surface area contributed by atoms with Crippen molar-refractivity contribution >= 4 is 50.7 Å². The van der Waals surface area contributed by atoms with E-state index in [1.807, 2.05) is 36.4 Å². The molecule has 0 spiro atoms. The molecule has 1 aliphatic rings. The Morgan fingerprint density at radius 3 is 2.50 bits per heavy atom. The minimum Gasteiger partial charge on any atom is -0.374 e. The zero-order valence-electron chi connectivity index (χ0n) is 15.3. The monoisotopic (exact) mass is 506 g/mol. The van der Waals surface area contributed by atoms with Crippen molar-refractivity contribution in [3.8, 4) is 0 Å². The molecule has 3 rings (SSSR count). The van der Waals surface area contributed by atoms with Crippen LogP contribution in [0.25, 0.3) is 0 Å². The molecule has 3 nitrogen and oxygen atoms in total. The number of rotatable bonds is 8. The van der Waals surface area contributed by atoms with Crippen LogP contribution in [0.2, 0.25) is 15.1 Å². The largest absolute Gasteiger partial charge is 0.374 e. The lowest BCUT2D eigenvalue weighted by molar-refractivity contribution is -0.221. The van der Waals surface area contributed by atoms with Gasteiger partial charge in [0.05, 0.1) is 25.4 Å². The van der Waals surface area contributed by atoms with Gasteiger partial charge in [0.2, 0.25) is 0 Å². The highest BCUT2D eigenvalue weighted by Gasteiger charge is 2.27. The Labute approximate surface area is 189 Å². The minimum absolute atomic E-state index is 0.0164. The standard InChI is InChI=1S/C21H22BrCl3O3/c22-11-20(18-9-8-16(24)10-19(18)25)28-21-3-1-2-17(27-21)13-26-12-14-4-6-15(23)7-5-14/h4-10,17,20-21H,1-3,11-13H2/t17-,20?,21+/m1/s1. The lowest BCUT2D eigenvalue weighted by Gasteiger charge is -2.32. The molecule has 3 atom stereocenters. The van der Waals surface area contributed by atoms with Crippen molar-refractivity contribution in [2.24, 2.45) is 0 Å². The number of benzene rings is 2. The lowest BCUT2D eigenvalue weighted by atomic mass is 10.1. The van der Waals surface area contributed by atoms with Crippen LogP contribution in [0.3, 0.4) is 0 Å². The Bertz CT molecular complexity index is 757. The van der Waals surface area contributed by atoms with E-state index in [1.54, 1.807) is 6.07 Å². The fraction of sp³-hybridized carbons (Fsp3) is 0.429. The SMILES string of the molecule is Clc1ccc(COC[C@H]2CCC[C@H](OC(CBr)c3ccc(Cl)cc3Cl)O2)cc1. The van der Waals surface area contributed by atoms with Crippen LogP contribution in [0.1, 0.15) is 36.5 Å². The smallest absolute Gasteiger partial charge is 0.158 e. The molecule has 1 saturated heterocycles. The molecule has 1 unspecified atom stereocenters. The Morgan fingerprint density at radius 2 is 1.79 bits per heavy atom. The molecule has 7 heteroatoms. The van der Waals surface area contributed by atoms with E-state index >= 15 is 0 Å². The summed E-state index contributed by atoms with van der Waals surface area (Å²) < 4.78 is 18.1. The summed E-state index contributed by atoms with van der Waals surface area (Å²) in [5.74, 6) is 0. The van der Waals surface area contributed by atoms with Crippen molar-refractivity contribution in [1.82, 2.24) is 0 Å². The molecule has 152 valence electrons. The van der Waals surface area contributed by atoms with E-state index < -0.39 is 0 Å². The normalized spacial score (nSPS) is 20.9. The molecule has 2 aromatic carbocycles. The van der Waals surface area contributed by atoms with Crippen LogP contribution in [0.5, 0.6) is 0 Å². The van der Waals surface area contributed by atoms with Gasteiger partial charge in [0.25, 0.3) is 0 Å². The lowest BCUT2D eigenvalue weighted by Crippen LogP contribution is -2.33. The van der Waals surface area contributed by atoms with E-state index in [-0.39, 0.29) is 18.5 Å². The number of alkyl halides is 1. The van der Waals surface area contributed by atoms with Crippen molar-refractivity contribution in [1.29, 1.82) is 0 Å². The van der Waals surface area contributed by atoms with Crippen LogP contribution in [0.15, 0.2) is 42.5 Å². The summed E-state index contributed by atoms with van der Waals surface area (Å²) >= 11 is 21.7. The molecule has 0 radical (unpaired) electrons. The highest BCUT2D eigenvalue weighted by Crippen LogP contribution is 2.33. The van der Waals surface area contributed by atoms with Gasteiger partial charge in [-0.15, -0.1) is 0 Å². The molecule has 0 bridgehead atoms. The maximum atomic E-state index is 6.33. The third-order valence-electron chi connectivity index (χ3n) is 4.56. The summed E-state index contributed by atoms with van der Waals surface area (Å²) in [6.45, 7) is 1.07. The highest BCUT2D eigenvalue weighted by molar-refractivity contribution is 9.09. The molecule has 1 heterocycles. The minimum atomic E-state index is -0.285. The molecule has 1 fully saturated rings. The summed E-state index contributed by atoms with van der Waals surface area (Å²) in [7, 11) is 0. The van der Waals surface area contributed by atoms with Crippen molar-refractivity contribution < 1.29 is 14.2 Å². The number of ether oxygens (including phenoxy) is 3. The van der Waals surface area contributed by atoms with Gasteiger partial charge in [0.15, 0.2) is 6.29 Å². The van der Waals surface area contributed by atoms with Crippen LogP contribution in [-0.4, -0.2) is 24.3 Å². The third-order valence-corrected chi connectivity index (χ3v) is 5.96. The van der Waals surface area contributed by atoms with Gasteiger partial charge in [-0.2, -0.15) is 0 Å². The molecule has 0 amide bonds. The Morgan fingerprint density at radius 1 is 1.04 bits per heavy atom. The van der Waals surface area contributed by atoms with Gasteiger partial charge in [-0.1, -0.05) is 68.9 Å². The number of hydrogen-bond donors (Lipinski definition) is 0. The molecule has 0 aliphatic carbocycles. The van der Waals surface area contributed by atoms with Crippen molar-refractivity contribution in [3.63, 3.8) is 0 Å². The Hall–Kier alpha value is -0.330. The predicted molar refractivity (Wildman–Crippen MR) is 118 cm³/mol. The first-order valence-corrected chi connectivity index (χ1v) is 11.4. The molecular formula is C21H22BrCl3O3. The first kappa shape index (κ1) is 22.4. The van der Waals surface area contributed by atoms with Crippen LogP contribution in [0.4, 0.5) is 0 Å². The second-order valence-corrected chi connectivity index (χ2v) is 8.63. The third kappa shape index (κ3) is 6.60. The van der Waals surface area contributed by atoms with Gasteiger partial charge < -0.3 is 14.2 Å². The van der Waals surface area contributed by atoms with E-state index in [1.165, 1.54) is 0 Å².